The van der Waals surface area contributed by atoms with Crippen LogP contribution in [-0.2, 0) is 0 Å². The molecule has 0 N–H and O–H groups in total. The number of nitrogens with zero attached hydrogens (tertiary/aromatic N) is 3. The first kappa shape index (κ1) is 19.7. The summed E-state index contributed by atoms with van der Waals surface area (Å²) in [5.41, 5.74) is 2.72. The molecule has 0 unspecified atom stereocenters. The first-order valence-corrected chi connectivity index (χ1v) is 10.1. The Kier molecular flexibility index (Phi) is 5.43. The highest BCUT2D eigenvalue weighted by molar-refractivity contribution is 6.35. The highest BCUT2D eigenvalue weighted by Crippen LogP contribution is 2.23. The fourth-order valence-electron chi connectivity index (χ4n) is 3.63. The van der Waals surface area contributed by atoms with Crippen LogP contribution >= 0.6 is 23.2 Å². The van der Waals surface area contributed by atoms with E-state index in [1.165, 1.54) is 0 Å². The first-order chi connectivity index (χ1) is 13.9. The van der Waals surface area contributed by atoms with Crippen LogP contribution in [0.1, 0.15) is 26.4 Å². The van der Waals surface area contributed by atoms with E-state index in [2.05, 4.69) is 4.98 Å². The first-order valence-electron chi connectivity index (χ1n) is 9.33. The molecule has 0 aliphatic carbocycles. The monoisotopic (exact) mass is 427 g/mol. The minimum Gasteiger partial charge on any atom is -0.335 e. The number of piperazine rings is 1. The molecule has 1 saturated heterocycles. The molecular formula is C22H19Cl2N3O2. The lowest BCUT2D eigenvalue weighted by Crippen LogP contribution is -2.50. The van der Waals surface area contributed by atoms with Crippen LogP contribution in [0.15, 0.2) is 48.5 Å². The molecule has 7 heteroatoms. The van der Waals surface area contributed by atoms with Crippen molar-refractivity contribution < 1.29 is 9.59 Å². The maximum absolute atomic E-state index is 13.2. The van der Waals surface area contributed by atoms with Crippen molar-refractivity contribution in [2.75, 3.05) is 26.2 Å². The van der Waals surface area contributed by atoms with Crippen LogP contribution in [0.2, 0.25) is 10.0 Å². The van der Waals surface area contributed by atoms with Gasteiger partial charge in [0.25, 0.3) is 11.8 Å². The highest BCUT2D eigenvalue weighted by atomic mass is 35.5. The van der Waals surface area contributed by atoms with Crippen molar-refractivity contribution in [3.05, 3.63) is 75.4 Å². The molecule has 2 aromatic carbocycles. The minimum absolute atomic E-state index is 0.0374. The van der Waals surface area contributed by atoms with Gasteiger partial charge in [-0.1, -0.05) is 41.4 Å². The summed E-state index contributed by atoms with van der Waals surface area (Å²) in [6.07, 6.45) is 0. The maximum atomic E-state index is 13.2. The zero-order valence-corrected chi connectivity index (χ0v) is 17.4. The number of carbonyl (C=O) groups is 2. The average molecular weight is 428 g/mol. The summed E-state index contributed by atoms with van der Waals surface area (Å²) < 4.78 is 0. The van der Waals surface area contributed by atoms with Gasteiger partial charge in [0, 0.05) is 52.9 Å². The molecule has 4 rings (SSSR count). The van der Waals surface area contributed by atoms with Gasteiger partial charge in [0.1, 0.15) is 0 Å². The number of amides is 2. The van der Waals surface area contributed by atoms with Gasteiger partial charge in [0.05, 0.1) is 11.1 Å². The second-order valence-electron chi connectivity index (χ2n) is 7.07. The third kappa shape index (κ3) is 4.07. The van der Waals surface area contributed by atoms with Crippen LogP contribution in [0.5, 0.6) is 0 Å². The Morgan fingerprint density at radius 1 is 0.862 bits per heavy atom. The number of hydrogen-bond acceptors (Lipinski definition) is 3. The Morgan fingerprint density at radius 3 is 2.10 bits per heavy atom. The smallest absolute Gasteiger partial charge is 0.254 e. The van der Waals surface area contributed by atoms with Crippen molar-refractivity contribution in [3.8, 4) is 0 Å². The lowest BCUT2D eigenvalue weighted by Gasteiger charge is -2.35. The Labute approximate surface area is 178 Å². The second kappa shape index (κ2) is 8.01. The van der Waals surface area contributed by atoms with Gasteiger partial charge in [-0.3, -0.25) is 14.6 Å². The van der Waals surface area contributed by atoms with E-state index >= 15 is 0 Å². The van der Waals surface area contributed by atoms with Crippen LogP contribution in [0, 0.1) is 6.92 Å². The van der Waals surface area contributed by atoms with E-state index in [0.717, 1.165) is 16.6 Å². The molecule has 29 heavy (non-hydrogen) atoms. The minimum atomic E-state index is -0.133. The summed E-state index contributed by atoms with van der Waals surface area (Å²) in [4.78, 5) is 33.9. The topological polar surface area (TPSA) is 53.5 Å². The van der Waals surface area contributed by atoms with Gasteiger partial charge in [-0.15, -0.1) is 0 Å². The number of benzene rings is 2. The SMILES string of the molecule is Cc1cc(C(=O)N2CCN(C(=O)c3cc(Cl)cc(Cl)c3)CC2)c2ccccc2n1. The van der Waals surface area contributed by atoms with Crippen LogP contribution < -0.4 is 0 Å². The van der Waals surface area contributed by atoms with E-state index in [1.807, 2.05) is 37.3 Å². The van der Waals surface area contributed by atoms with E-state index in [4.69, 9.17) is 23.2 Å². The van der Waals surface area contributed by atoms with Gasteiger partial charge in [-0.2, -0.15) is 0 Å². The molecule has 148 valence electrons. The lowest BCUT2D eigenvalue weighted by molar-refractivity contribution is 0.0536. The Morgan fingerprint density at radius 2 is 1.45 bits per heavy atom. The van der Waals surface area contributed by atoms with Crippen molar-refractivity contribution in [2.24, 2.45) is 0 Å². The molecule has 1 aromatic heterocycles. The van der Waals surface area contributed by atoms with Crippen molar-refractivity contribution in [1.82, 2.24) is 14.8 Å². The Balaban J connectivity index is 1.50. The molecule has 0 bridgehead atoms. The Hall–Kier alpha value is -2.63. The summed E-state index contributed by atoms with van der Waals surface area (Å²) in [5.74, 6) is -0.170. The molecule has 0 saturated carbocycles. The summed E-state index contributed by atoms with van der Waals surface area (Å²) in [6.45, 7) is 3.73. The van der Waals surface area contributed by atoms with Gasteiger partial charge in [0.15, 0.2) is 0 Å². The summed E-state index contributed by atoms with van der Waals surface area (Å²) in [7, 11) is 0. The normalized spacial score (nSPS) is 14.3. The molecule has 0 radical (unpaired) electrons. The predicted octanol–water partition coefficient (Wildman–Crippen LogP) is 4.45. The molecule has 3 aromatic rings. The van der Waals surface area contributed by atoms with Crippen LogP contribution in [0.3, 0.4) is 0 Å². The molecule has 5 nitrogen and oxygen atoms in total. The lowest BCUT2D eigenvalue weighted by atomic mass is 10.1. The Bertz CT molecular complexity index is 1090. The van der Waals surface area contributed by atoms with Crippen LogP contribution in [0.25, 0.3) is 10.9 Å². The van der Waals surface area contributed by atoms with E-state index in [9.17, 15) is 9.59 Å². The average Bonchev–Trinajstić information content (AvgIpc) is 2.71. The highest BCUT2D eigenvalue weighted by Gasteiger charge is 2.27. The summed E-state index contributed by atoms with van der Waals surface area (Å²) >= 11 is 12.0. The number of para-hydroxylation sites is 1. The second-order valence-corrected chi connectivity index (χ2v) is 7.94. The molecule has 0 atom stereocenters. The maximum Gasteiger partial charge on any atom is 0.254 e. The molecule has 1 fully saturated rings. The van der Waals surface area contributed by atoms with E-state index < -0.39 is 0 Å². The number of halogens is 2. The number of aryl methyl sites for hydroxylation is 1. The van der Waals surface area contributed by atoms with Crippen molar-refractivity contribution in [3.63, 3.8) is 0 Å². The fraction of sp³-hybridized carbons (Fsp3) is 0.227. The fourth-order valence-corrected chi connectivity index (χ4v) is 4.15. The number of pyridine rings is 1. The largest absolute Gasteiger partial charge is 0.335 e. The third-order valence-electron chi connectivity index (χ3n) is 5.04. The molecule has 2 amide bonds. The summed E-state index contributed by atoms with van der Waals surface area (Å²) in [6, 6.07) is 14.3. The van der Waals surface area contributed by atoms with Crippen LogP contribution in [0.4, 0.5) is 0 Å². The van der Waals surface area contributed by atoms with Crippen molar-refractivity contribution >= 4 is 45.9 Å². The zero-order valence-electron chi connectivity index (χ0n) is 15.9. The number of aromatic nitrogens is 1. The van der Waals surface area contributed by atoms with Gasteiger partial charge in [-0.05, 0) is 37.3 Å². The third-order valence-corrected chi connectivity index (χ3v) is 5.47. The molecular weight excluding hydrogens is 409 g/mol. The summed E-state index contributed by atoms with van der Waals surface area (Å²) in [5, 5.41) is 1.69. The van der Waals surface area contributed by atoms with Crippen molar-refractivity contribution in [1.29, 1.82) is 0 Å². The van der Waals surface area contributed by atoms with Gasteiger partial charge < -0.3 is 9.80 Å². The molecule has 0 spiro atoms. The number of carbonyl (C=O) groups excluding carboxylic acids is 2. The predicted molar refractivity (Wildman–Crippen MR) is 115 cm³/mol. The molecule has 1 aliphatic heterocycles. The quantitative estimate of drug-likeness (QED) is 0.606. The van der Waals surface area contributed by atoms with Crippen molar-refractivity contribution in [2.45, 2.75) is 6.92 Å². The van der Waals surface area contributed by atoms with Gasteiger partial charge in [-0.25, -0.2) is 0 Å². The van der Waals surface area contributed by atoms with Gasteiger partial charge >= 0.3 is 0 Å². The van der Waals surface area contributed by atoms with E-state index in [-0.39, 0.29) is 11.8 Å². The molecule has 2 heterocycles. The zero-order chi connectivity index (χ0) is 20.5. The van der Waals surface area contributed by atoms with E-state index in [1.54, 1.807) is 28.0 Å². The van der Waals surface area contributed by atoms with Gasteiger partial charge in [0.2, 0.25) is 0 Å². The number of rotatable bonds is 2. The van der Waals surface area contributed by atoms with Crippen LogP contribution in [-0.4, -0.2) is 52.8 Å². The standard InChI is InChI=1S/C22H19Cl2N3O2/c1-14-10-19(18-4-2-3-5-20(18)25-14)22(29)27-8-6-26(7-9-27)21(28)15-11-16(23)13-17(24)12-15/h2-5,10-13H,6-9H2,1H3. The number of hydrogen-bond donors (Lipinski definition) is 0. The van der Waals surface area contributed by atoms with E-state index in [0.29, 0.717) is 47.4 Å². The molecule has 1 aliphatic rings. The number of fused-ring (bicyclic) bond motifs is 1.